The van der Waals surface area contributed by atoms with Crippen LogP contribution >= 0.6 is 0 Å². The first-order chi connectivity index (χ1) is 7.29. The van der Waals surface area contributed by atoms with Crippen LogP contribution in [0.5, 0.6) is 5.75 Å². The molecular weight excluding hydrogens is 201 g/mol. The Morgan fingerprint density at radius 2 is 2.40 bits per heavy atom. The summed E-state index contributed by atoms with van der Waals surface area (Å²) < 4.78 is 23.6. The molecule has 0 amide bonds. The van der Waals surface area contributed by atoms with Crippen molar-refractivity contribution in [2.45, 2.75) is 12.5 Å². The first-order valence-corrected chi connectivity index (χ1v) is 4.73. The third kappa shape index (κ3) is 2.37. The minimum atomic E-state index is -0.400. The van der Waals surface area contributed by atoms with E-state index in [1.54, 1.807) is 0 Å². The molecule has 1 fully saturated rings. The molecule has 0 saturated carbocycles. The van der Waals surface area contributed by atoms with E-state index in [0.29, 0.717) is 24.7 Å². The van der Waals surface area contributed by atoms with Gasteiger partial charge < -0.3 is 9.47 Å². The molecule has 0 bridgehead atoms. The first-order valence-electron chi connectivity index (χ1n) is 4.73. The Kier molecular flexibility index (Phi) is 3.03. The lowest BCUT2D eigenvalue weighted by Crippen LogP contribution is -2.16. The van der Waals surface area contributed by atoms with E-state index in [4.69, 9.17) is 14.7 Å². The third-order valence-corrected chi connectivity index (χ3v) is 2.25. The topological polar surface area (TPSA) is 50.7 Å². The van der Waals surface area contributed by atoms with E-state index in [9.17, 15) is 4.39 Å². The van der Waals surface area contributed by atoms with Crippen LogP contribution in [0.4, 0.5) is 10.1 Å². The number of ether oxygens (including phenoxy) is 2. The summed E-state index contributed by atoms with van der Waals surface area (Å²) in [6.07, 6.45) is 0.709. The maximum atomic E-state index is 12.9. The normalized spacial score (nSPS) is 20.3. The van der Waals surface area contributed by atoms with Crippen LogP contribution in [0.1, 0.15) is 6.42 Å². The zero-order valence-electron chi connectivity index (χ0n) is 8.07. The van der Waals surface area contributed by atoms with E-state index in [1.165, 1.54) is 18.2 Å². The predicted molar refractivity (Wildman–Crippen MR) is 51.7 cm³/mol. The van der Waals surface area contributed by atoms with Crippen molar-refractivity contribution in [1.82, 2.24) is 0 Å². The first kappa shape index (κ1) is 10.2. The number of hydrogen-bond acceptors (Lipinski definition) is 4. The molecule has 4 nitrogen and oxygen atoms in total. The average Bonchev–Trinajstić information content (AvgIpc) is 2.71. The van der Waals surface area contributed by atoms with Crippen LogP contribution in [-0.2, 0) is 4.74 Å². The fourth-order valence-electron chi connectivity index (χ4n) is 1.47. The number of anilines is 1. The molecule has 1 saturated heterocycles. The lowest BCUT2D eigenvalue weighted by molar-refractivity contribution is 0.141. The van der Waals surface area contributed by atoms with Gasteiger partial charge in [0.1, 0.15) is 23.4 Å². The van der Waals surface area contributed by atoms with Gasteiger partial charge in [0.25, 0.3) is 0 Å². The van der Waals surface area contributed by atoms with E-state index in [0.717, 1.165) is 6.42 Å². The van der Waals surface area contributed by atoms with Gasteiger partial charge in [-0.3, -0.25) is 10.7 Å². The van der Waals surface area contributed by atoms with E-state index in [-0.39, 0.29) is 6.10 Å². The highest BCUT2D eigenvalue weighted by molar-refractivity contribution is 5.54. The van der Waals surface area contributed by atoms with Gasteiger partial charge in [0.15, 0.2) is 0 Å². The third-order valence-electron chi connectivity index (χ3n) is 2.25. The van der Waals surface area contributed by atoms with Crippen molar-refractivity contribution < 1.29 is 19.1 Å². The Bertz CT molecular complexity index is 339. The molecule has 0 spiro atoms. The van der Waals surface area contributed by atoms with Crippen LogP contribution in [0.3, 0.4) is 0 Å². The number of benzene rings is 1. The Morgan fingerprint density at radius 1 is 1.53 bits per heavy atom. The van der Waals surface area contributed by atoms with Gasteiger partial charge in [0.05, 0.1) is 13.2 Å². The number of halogens is 1. The molecule has 0 unspecified atom stereocenters. The molecule has 5 heteroatoms. The van der Waals surface area contributed by atoms with E-state index in [2.05, 4.69) is 0 Å². The molecule has 1 aliphatic rings. The highest BCUT2D eigenvalue weighted by Gasteiger charge is 2.18. The van der Waals surface area contributed by atoms with Crippen molar-refractivity contribution in [1.29, 1.82) is 0 Å². The van der Waals surface area contributed by atoms with Crippen molar-refractivity contribution in [3.63, 3.8) is 0 Å². The maximum absolute atomic E-state index is 12.9. The molecule has 1 aromatic carbocycles. The average molecular weight is 213 g/mol. The number of nitrogens with one attached hydrogen (secondary N) is 1. The summed E-state index contributed by atoms with van der Waals surface area (Å²) in [5.41, 5.74) is 2.31. The summed E-state index contributed by atoms with van der Waals surface area (Å²) >= 11 is 0. The lowest BCUT2D eigenvalue weighted by atomic mass is 10.2. The largest absolute Gasteiger partial charge is 0.486 e. The summed E-state index contributed by atoms with van der Waals surface area (Å²) in [6.45, 7) is 1.16. The number of rotatable bonds is 3. The molecule has 1 heterocycles. The van der Waals surface area contributed by atoms with Gasteiger partial charge >= 0.3 is 0 Å². The molecule has 1 atom stereocenters. The standard InChI is InChI=1S/C10H12FNO3/c11-7-1-2-9(12-13)10(5-7)15-8-3-4-14-6-8/h1-2,5,8,12-13H,3-4,6H2/t8-/m1/s1. The molecule has 0 aliphatic carbocycles. The van der Waals surface area contributed by atoms with Crippen molar-refractivity contribution in [3.05, 3.63) is 24.0 Å². The van der Waals surface area contributed by atoms with Gasteiger partial charge in [-0.15, -0.1) is 0 Å². The molecule has 1 aromatic rings. The molecule has 15 heavy (non-hydrogen) atoms. The van der Waals surface area contributed by atoms with Gasteiger partial charge in [-0.05, 0) is 12.1 Å². The summed E-state index contributed by atoms with van der Waals surface area (Å²) in [5, 5.41) is 8.80. The highest BCUT2D eigenvalue weighted by Crippen LogP contribution is 2.27. The zero-order valence-corrected chi connectivity index (χ0v) is 8.07. The Balaban J connectivity index is 2.14. The van der Waals surface area contributed by atoms with Crippen LogP contribution in [0, 0.1) is 5.82 Å². The Hall–Kier alpha value is -1.33. The summed E-state index contributed by atoms with van der Waals surface area (Å²) in [5.74, 6) is -0.101. The second-order valence-corrected chi connectivity index (χ2v) is 3.36. The zero-order chi connectivity index (χ0) is 10.7. The predicted octanol–water partition coefficient (Wildman–Crippen LogP) is 1.79. The van der Waals surface area contributed by atoms with E-state index >= 15 is 0 Å². The van der Waals surface area contributed by atoms with Crippen LogP contribution in [-0.4, -0.2) is 24.5 Å². The van der Waals surface area contributed by atoms with Crippen LogP contribution in [0.25, 0.3) is 0 Å². The summed E-state index contributed by atoms with van der Waals surface area (Å²) in [6, 6.07) is 3.90. The van der Waals surface area contributed by atoms with Crippen molar-refractivity contribution >= 4 is 5.69 Å². The Labute approximate surface area is 86.6 Å². The molecule has 2 N–H and O–H groups in total. The van der Waals surface area contributed by atoms with E-state index < -0.39 is 5.82 Å². The molecule has 2 rings (SSSR count). The van der Waals surface area contributed by atoms with Gasteiger partial charge in [-0.2, -0.15) is 0 Å². The van der Waals surface area contributed by atoms with Gasteiger partial charge in [-0.1, -0.05) is 0 Å². The Morgan fingerprint density at radius 3 is 3.07 bits per heavy atom. The van der Waals surface area contributed by atoms with Gasteiger partial charge in [-0.25, -0.2) is 4.39 Å². The second kappa shape index (κ2) is 4.46. The summed E-state index contributed by atoms with van der Waals surface area (Å²) in [7, 11) is 0. The molecule has 1 aliphatic heterocycles. The summed E-state index contributed by atoms with van der Waals surface area (Å²) in [4.78, 5) is 0. The van der Waals surface area contributed by atoms with Crippen LogP contribution in [0.2, 0.25) is 0 Å². The molecular formula is C10H12FNO3. The minimum Gasteiger partial charge on any atom is -0.486 e. The van der Waals surface area contributed by atoms with Crippen LogP contribution in [0.15, 0.2) is 18.2 Å². The SMILES string of the molecule is ONc1ccc(F)cc1O[C@@H]1CCOC1. The fourth-order valence-corrected chi connectivity index (χ4v) is 1.47. The monoisotopic (exact) mass is 213 g/mol. The smallest absolute Gasteiger partial charge is 0.148 e. The van der Waals surface area contributed by atoms with Crippen molar-refractivity contribution in [3.8, 4) is 5.75 Å². The van der Waals surface area contributed by atoms with Gasteiger partial charge in [0.2, 0.25) is 0 Å². The molecule has 82 valence electrons. The van der Waals surface area contributed by atoms with E-state index in [1.807, 2.05) is 5.48 Å². The van der Waals surface area contributed by atoms with Crippen molar-refractivity contribution in [2.24, 2.45) is 0 Å². The maximum Gasteiger partial charge on any atom is 0.148 e. The second-order valence-electron chi connectivity index (χ2n) is 3.36. The lowest BCUT2D eigenvalue weighted by Gasteiger charge is -2.14. The van der Waals surface area contributed by atoms with Gasteiger partial charge in [0, 0.05) is 12.5 Å². The molecule has 0 radical (unpaired) electrons. The van der Waals surface area contributed by atoms with Crippen molar-refractivity contribution in [2.75, 3.05) is 18.7 Å². The minimum absolute atomic E-state index is 0.0705. The van der Waals surface area contributed by atoms with Crippen LogP contribution < -0.4 is 10.2 Å². The fraction of sp³-hybridized carbons (Fsp3) is 0.400. The molecule has 0 aromatic heterocycles. The quantitative estimate of drug-likeness (QED) is 0.751. The number of hydrogen-bond donors (Lipinski definition) is 2. The highest BCUT2D eigenvalue weighted by atomic mass is 19.1.